The van der Waals surface area contributed by atoms with E-state index in [-0.39, 0.29) is 5.41 Å². The minimum Gasteiger partial charge on any atom is -0.213 e. The summed E-state index contributed by atoms with van der Waals surface area (Å²) in [6.45, 7) is 6.58. The van der Waals surface area contributed by atoms with Crippen molar-refractivity contribution in [1.82, 2.24) is 15.0 Å². The van der Waals surface area contributed by atoms with E-state index in [1.807, 2.05) is 37.3 Å². The Morgan fingerprint density at radius 3 is 1.68 bits per heavy atom. The maximum Gasteiger partial charge on any atom is 0.163 e. The predicted octanol–water partition coefficient (Wildman–Crippen LogP) is 9.15. The van der Waals surface area contributed by atoms with Gasteiger partial charge in [-0.15, -0.1) is 0 Å². The smallest absolute Gasteiger partial charge is 0.163 e. The van der Waals surface area contributed by atoms with E-state index in [9.17, 15) is 0 Å². The average molecular weight is 516 g/mol. The van der Waals surface area contributed by atoms with Crippen LogP contribution in [0, 0.1) is 6.92 Å². The Bertz CT molecular complexity index is 1890. The molecule has 6 aromatic rings. The number of aromatic nitrogens is 3. The summed E-state index contributed by atoms with van der Waals surface area (Å²) in [5.41, 5.74) is 12.2. The van der Waals surface area contributed by atoms with E-state index < -0.39 is 0 Å². The number of nitrogens with zero attached hydrogens (tertiary/aromatic N) is 3. The van der Waals surface area contributed by atoms with E-state index in [0.717, 1.165) is 22.3 Å². The van der Waals surface area contributed by atoms with Gasteiger partial charge in [-0.2, -0.15) is 0 Å². The molecule has 1 aliphatic carbocycles. The van der Waals surface area contributed by atoms with E-state index >= 15 is 0 Å². The molecule has 5 aromatic carbocycles. The van der Waals surface area contributed by atoms with Crippen molar-refractivity contribution in [2.24, 2.45) is 0 Å². The van der Waals surface area contributed by atoms with Crippen molar-refractivity contribution in [2.75, 3.05) is 0 Å². The standard InChI is InChI=1S/C37H29N3/c1-24-38-35(25-11-5-4-6-12-25)40-36(39-24)30-16-10-15-28(22-30)26-13-9-14-27(21-26)29-19-20-32-31-17-7-8-18-33(31)37(2,3)34(32)23-29/h4-23H,1-3H3. The van der Waals surface area contributed by atoms with Gasteiger partial charge in [0.1, 0.15) is 5.82 Å². The molecule has 0 bridgehead atoms. The number of benzene rings is 5. The first-order valence-corrected chi connectivity index (χ1v) is 13.7. The lowest BCUT2D eigenvalue weighted by Gasteiger charge is -2.22. The highest BCUT2D eigenvalue weighted by molar-refractivity contribution is 5.84. The summed E-state index contributed by atoms with van der Waals surface area (Å²) in [5.74, 6) is 2.08. The van der Waals surface area contributed by atoms with E-state index in [1.54, 1.807) is 0 Å². The number of hydrogen-bond donors (Lipinski definition) is 0. The molecule has 0 aliphatic heterocycles. The van der Waals surface area contributed by atoms with Gasteiger partial charge in [-0.05, 0) is 69.6 Å². The molecule has 0 unspecified atom stereocenters. The number of rotatable bonds is 4. The highest BCUT2D eigenvalue weighted by Crippen LogP contribution is 2.49. The zero-order valence-corrected chi connectivity index (χ0v) is 22.9. The fourth-order valence-electron chi connectivity index (χ4n) is 5.93. The molecule has 1 aliphatic rings. The van der Waals surface area contributed by atoms with Gasteiger partial charge >= 0.3 is 0 Å². The molecule has 0 radical (unpaired) electrons. The summed E-state index contributed by atoms with van der Waals surface area (Å²) in [5, 5.41) is 0. The van der Waals surface area contributed by atoms with Crippen LogP contribution in [-0.2, 0) is 5.41 Å². The zero-order valence-electron chi connectivity index (χ0n) is 22.9. The summed E-state index contributed by atoms with van der Waals surface area (Å²) < 4.78 is 0. The Morgan fingerprint density at radius 1 is 0.425 bits per heavy atom. The van der Waals surface area contributed by atoms with Gasteiger partial charge in [-0.25, -0.2) is 15.0 Å². The molecule has 0 atom stereocenters. The van der Waals surface area contributed by atoms with Crippen LogP contribution in [0.2, 0.25) is 0 Å². The van der Waals surface area contributed by atoms with Crippen LogP contribution in [0.1, 0.15) is 30.8 Å². The van der Waals surface area contributed by atoms with Crippen molar-refractivity contribution in [3.63, 3.8) is 0 Å². The predicted molar refractivity (Wildman–Crippen MR) is 164 cm³/mol. The van der Waals surface area contributed by atoms with Crippen LogP contribution in [0.5, 0.6) is 0 Å². The molecule has 40 heavy (non-hydrogen) atoms. The second-order valence-electron chi connectivity index (χ2n) is 11.0. The third-order valence-electron chi connectivity index (χ3n) is 8.01. The molecule has 0 saturated carbocycles. The Labute approximate surface area is 235 Å². The van der Waals surface area contributed by atoms with Gasteiger partial charge in [0.2, 0.25) is 0 Å². The van der Waals surface area contributed by atoms with Gasteiger partial charge < -0.3 is 0 Å². The van der Waals surface area contributed by atoms with E-state index in [1.165, 1.54) is 33.4 Å². The topological polar surface area (TPSA) is 38.7 Å². The van der Waals surface area contributed by atoms with Crippen LogP contribution in [0.3, 0.4) is 0 Å². The van der Waals surface area contributed by atoms with Gasteiger partial charge in [0.25, 0.3) is 0 Å². The van der Waals surface area contributed by atoms with Gasteiger partial charge in [0.05, 0.1) is 0 Å². The van der Waals surface area contributed by atoms with Crippen molar-refractivity contribution in [3.05, 3.63) is 138 Å². The number of aryl methyl sites for hydroxylation is 1. The van der Waals surface area contributed by atoms with Crippen LogP contribution in [0.4, 0.5) is 0 Å². The van der Waals surface area contributed by atoms with Crippen LogP contribution >= 0.6 is 0 Å². The van der Waals surface area contributed by atoms with Crippen molar-refractivity contribution in [1.29, 1.82) is 0 Å². The van der Waals surface area contributed by atoms with Crippen LogP contribution in [-0.4, -0.2) is 15.0 Å². The lowest BCUT2D eigenvalue weighted by atomic mass is 9.81. The molecule has 0 spiro atoms. The zero-order chi connectivity index (χ0) is 27.3. The Kier molecular flexibility index (Phi) is 5.67. The molecular formula is C37H29N3. The molecule has 7 rings (SSSR count). The van der Waals surface area contributed by atoms with E-state index in [2.05, 4.69) is 115 Å². The first kappa shape index (κ1) is 24.2. The largest absolute Gasteiger partial charge is 0.213 e. The lowest BCUT2D eigenvalue weighted by molar-refractivity contribution is 0.660. The summed E-state index contributed by atoms with van der Waals surface area (Å²) in [7, 11) is 0. The fraction of sp³-hybridized carbons (Fsp3) is 0.108. The number of hydrogen-bond acceptors (Lipinski definition) is 3. The van der Waals surface area contributed by atoms with Crippen LogP contribution in [0.15, 0.2) is 121 Å². The maximum absolute atomic E-state index is 4.82. The number of fused-ring (bicyclic) bond motifs is 3. The highest BCUT2D eigenvalue weighted by Gasteiger charge is 2.35. The van der Waals surface area contributed by atoms with Crippen molar-refractivity contribution >= 4 is 0 Å². The summed E-state index contributed by atoms with van der Waals surface area (Å²) in [6, 6.07) is 43.0. The third kappa shape index (κ3) is 4.11. The monoisotopic (exact) mass is 515 g/mol. The average Bonchev–Trinajstić information content (AvgIpc) is 3.23. The highest BCUT2D eigenvalue weighted by atomic mass is 15.0. The van der Waals surface area contributed by atoms with Gasteiger partial charge in [-0.1, -0.05) is 117 Å². The van der Waals surface area contributed by atoms with Crippen molar-refractivity contribution in [2.45, 2.75) is 26.2 Å². The molecule has 0 fully saturated rings. The Balaban J connectivity index is 1.25. The maximum atomic E-state index is 4.82. The molecule has 3 nitrogen and oxygen atoms in total. The van der Waals surface area contributed by atoms with E-state index in [0.29, 0.717) is 17.5 Å². The minimum absolute atomic E-state index is 0.0187. The molecule has 0 N–H and O–H groups in total. The Hall–Kier alpha value is -4.89. The van der Waals surface area contributed by atoms with Crippen molar-refractivity contribution < 1.29 is 0 Å². The molecule has 1 aromatic heterocycles. The van der Waals surface area contributed by atoms with E-state index in [4.69, 9.17) is 4.98 Å². The normalized spacial score (nSPS) is 13.1. The lowest BCUT2D eigenvalue weighted by Crippen LogP contribution is -2.14. The molecule has 0 amide bonds. The minimum atomic E-state index is -0.0187. The van der Waals surface area contributed by atoms with Gasteiger partial charge in [0.15, 0.2) is 11.6 Å². The SMILES string of the molecule is Cc1nc(-c2ccccc2)nc(-c2cccc(-c3cccc(-c4ccc5c(c4)C(C)(C)c4ccccc4-5)c3)c2)n1. The Morgan fingerprint density at radius 2 is 0.950 bits per heavy atom. The van der Waals surface area contributed by atoms with Crippen molar-refractivity contribution in [3.8, 4) is 56.2 Å². The van der Waals surface area contributed by atoms with Gasteiger partial charge in [-0.3, -0.25) is 0 Å². The fourth-order valence-corrected chi connectivity index (χ4v) is 5.93. The van der Waals surface area contributed by atoms with Crippen LogP contribution in [0.25, 0.3) is 56.2 Å². The molecule has 3 heteroatoms. The van der Waals surface area contributed by atoms with Crippen LogP contribution < -0.4 is 0 Å². The first-order valence-electron chi connectivity index (χ1n) is 13.7. The molecular weight excluding hydrogens is 486 g/mol. The first-order chi connectivity index (χ1) is 19.5. The second kappa shape index (κ2) is 9.39. The summed E-state index contributed by atoms with van der Waals surface area (Å²) in [6.07, 6.45) is 0. The molecule has 192 valence electrons. The summed E-state index contributed by atoms with van der Waals surface area (Å²) >= 11 is 0. The molecule has 1 heterocycles. The summed E-state index contributed by atoms with van der Waals surface area (Å²) in [4.78, 5) is 14.1. The third-order valence-corrected chi connectivity index (χ3v) is 8.01. The quantitative estimate of drug-likeness (QED) is 0.235. The van der Waals surface area contributed by atoms with Gasteiger partial charge in [0, 0.05) is 16.5 Å². The molecule has 0 saturated heterocycles. The second-order valence-corrected chi connectivity index (χ2v) is 11.0.